The first-order valence-electron chi connectivity index (χ1n) is 6.01. The van der Waals surface area contributed by atoms with Gasteiger partial charge < -0.3 is 0 Å². The SMILES string of the molecule is C/C1=C\CC(C)(C)/C=C\C/C(C=O)=C\CC1. The first-order chi connectivity index (χ1) is 7.53. The zero-order valence-corrected chi connectivity index (χ0v) is 10.6. The summed E-state index contributed by atoms with van der Waals surface area (Å²) in [7, 11) is 0. The van der Waals surface area contributed by atoms with E-state index in [0.717, 1.165) is 37.5 Å². The number of rotatable bonds is 1. The van der Waals surface area contributed by atoms with Crippen molar-refractivity contribution >= 4 is 6.29 Å². The van der Waals surface area contributed by atoms with E-state index in [-0.39, 0.29) is 5.41 Å². The summed E-state index contributed by atoms with van der Waals surface area (Å²) in [6.45, 7) is 6.64. The van der Waals surface area contributed by atoms with Crippen LogP contribution in [-0.4, -0.2) is 6.29 Å². The summed E-state index contributed by atoms with van der Waals surface area (Å²) >= 11 is 0. The van der Waals surface area contributed by atoms with E-state index in [1.807, 2.05) is 0 Å². The van der Waals surface area contributed by atoms with Crippen LogP contribution in [-0.2, 0) is 4.79 Å². The molecule has 0 spiro atoms. The molecule has 0 amide bonds. The number of carbonyl (C=O) groups is 1. The number of hydrogen-bond donors (Lipinski definition) is 0. The van der Waals surface area contributed by atoms with E-state index >= 15 is 0 Å². The van der Waals surface area contributed by atoms with Crippen molar-refractivity contribution in [2.75, 3.05) is 0 Å². The van der Waals surface area contributed by atoms with E-state index < -0.39 is 0 Å². The smallest absolute Gasteiger partial charge is 0.146 e. The van der Waals surface area contributed by atoms with Gasteiger partial charge >= 0.3 is 0 Å². The number of carbonyl (C=O) groups excluding carboxylic acids is 1. The van der Waals surface area contributed by atoms with Crippen LogP contribution in [0.2, 0.25) is 0 Å². The van der Waals surface area contributed by atoms with Crippen LogP contribution in [0.4, 0.5) is 0 Å². The second-order valence-electron chi connectivity index (χ2n) is 5.29. The quantitative estimate of drug-likeness (QED) is 0.476. The molecular formula is C15H22O. The van der Waals surface area contributed by atoms with Crippen LogP contribution < -0.4 is 0 Å². The highest BCUT2D eigenvalue weighted by molar-refractivity contribution is 5.73. The summed E-state index contributed by atoms with van der Waals surface area (Å²) in [5, 5.41) is 0. The van der Waals surface area contributed by atoms with E-state index in [4.69, 9.17) is 0 Å². The molecular weight excluding hydrogens is 196 g/mol. The molecule has 0 unspecified atom stereocenters. The minimum absolute atomic E-state index is 0.194. The van der Waals surface area contributed by atoms with Crippen LogP contribution in [0.1, 0.15) is 46.5 Å². The Balaban J connectivity index is 2.85. The predicted octanol–water partition coefficient (Wildman–Crippen LogP) is 4.21. The van der Waals surface area contributed by atoms with Gasteiger partial charge in [0.1, 0.15) is 6.29 Å². The van der Waals surface area contributed by atoms with Crippen molar-refractivity contribution in [3.05, 3.63) is 35.5 Å². The zero-order valence-electron chi connectivity index (χ0n) is 10.6. The molecule has 0 saturated carbocycles. The van der Waals surface area contributed by atoms with Gasteiger partial charge in [0.05, 0.1) is 0 Å². The summed E-state index contributed by atoms with van der Waals surface area (Å²) < 4.78 is 0. The molecule has 1 heteroatoms. The van der Waals surface area contributed by atoms with Crippen LogP contribution in [0.3, 0.4) is 0 Å². The second kappa shape index (κ2) is 5.83. The molecule has 0 bridgehead atoms. The highest BCUT2D eigenvalue weighted by atomic mass is 16.1. The summed E-state index contributed by atoms with van der Waals surface area (Å²) in [6, 6.07) is 0. The molecule has 88 valence electrons. The van der Waals surface area contributed by atoms with Crippen LogP contribution >= 0.6 is 0 Å². The highest BCUT2D eigenvalue weighted by Gasteiger charge is 2.12. The Morgan fingerprint density at radius 2 is 2.06 bits per heavy atom. The maximum atomic E-state index is 10.8. The zero-order chi connectivity index (χ0) is 12.0. The number of aldehydes is 1. The molecule has 0 aromatic rings. The Bertz CT molecular complexity index is 329. The van der Waals surface area contributed by atoms with Crippen molar-refractivity contribution < 1.29 is 4.79 Å². The van der Waals surface area contributed by atoms with Crippen molar-refractivity contribution in [2.24, 2.45) is 5.41 Å². The van der Waals surface area contributed by atoms with Crippen molar-refractivity contribution in [2.45, 2.75) is 46.5 Å². The third-order valence-corrected chi connectivity index (χ3v) is 3.00. The fourth-order valence-corrected chi connectivity index (χ4v) is 1.79. The van der Waals surface area contributed by atoms with Gasteiger partial charge in [-0.15, -0.1) is 0 Å². The average molecular weight is 218 g/mol. The van der Waals surface area contributed by atoms with Gasteiger partial charge in [-0.3, -0.25) is 4.79 Å². The Kier molecular flexibility index (Phi) is 4.72. The van der Waals surface area contributed by atoms with E-state index in [1.54, 1.807) is 0 Å². The fourth-order valence-electron chi connectivity index (χ4n) is 1.79. The monoisotopic (exact) mass is 218 g/mol. The van der Waals surface area contributed by atoms with Gasteiger partial charge in [0.15, 0.2) is 0 Å². The van der Waals surface area contributed by atoms with Gasteiger partial charge in [-0.25, -0.2) is 0 Å². The first kappa shape index (κ1) is 13.0. The normalized spacial score (nSPS) is 30.2. The molecule has 0 atom stereocenters. The molecule has 1 rings (SSSR count). The Morgan fingerprint density at radius 1 is 1.31 bits per heavy atom. The standard InChI is InChI=1S/C15H22O/c1-13-6-4-7-14(12-16)8-5-10-15(2,3)11-9-13/h5,7,9-10,12H,4,6,8,11H2,1-3H3/b10-5-,13-9+,14-7+. The maximum absolute atomic E-state index is 10.8. The van der Waals surface area contributed by atoms with Gasteiger partial charge in [0, 0.05) is 0 Å². The molecule has 0 aliphatic heterocycles. The topological polar surface area (TPSA) is 17.1 Å². The fraction of sp³-hybridized carbons (Fsp3) is 0.533. The third kappa shape index (κ3) is 4.61. The van der Waals surface area contributed by atoms with Crippen molar-refractivity contribution in [1.82, 2.24) is 0 Å². The van der Waals surface area contributed by atoms with Crippen molar-refractivity contribution in [3.63, 3.8) is 0 Å². The molecule has 1 nitrogen and oxygen atoms in total. The number of hydrogen-bond acceptors (Lipinski definition) is 1. The summed E-state index contributed by atoms with van der Waals surface area (Å²) in [5.41, 5.74) is 2.52. The predicted molar refractivity (Wildman–Crippen MR) is 69.3 cm³/mol. The molecule has 0 N–H and O–H groups in total. The summed E-state index contributed by atoms with van der Waals surface area (Å²) in [5.74, 6) is 0. The van der Waals surface area contributed by atoms with Crippen molar-refractivity contribution in [1.29, 1.82) is 0 Å². The van der Waals surface area contributed by atoms with Crippen LogP contribution in [0.15, 0.2) is 35.5 Å². The minimum Gasteiger partial charge on any atom is -0.298 e. The van der Waals surface area contributed by atoms with Gasteiger partial charge in [-0.1, -0.05) is 43.7 Å². The highest BCUT2D eigenvalue weighted by Crippen LogP contribution is 2.25. The molecule has 0 heterocycles. The Morgan fingerprint density at radius 3 is 2.75 bits per heavy atom. The third-order valence-electron chi connectivity index (χ3n) is 3.00. The van der Waals surface area contributed by atoms with Gasteiger partial charge in [0.25, 0.3) is 0 Å². The van der Waals surface area contributed by atoms with E-state index in [2.05, 4.69) is 45.1 Å². The van der Waals surface area contributed by atoms with E-state index in [0.29, 0.717) is 0 Å². The van der Waals surface area contributed by atoms with Crippen LogP contribution in [0.25, 0.3) is 0 Å². The van der Waals surface area contributed by atoms with E-state index in [1.165, 1.54) is 5.57 Å². The molecule has 0 aromatic heterocycles. The minimum atomic E-state index is 0.194. The van der Waals surface area contributed by atoms with Crippen molar-refractivity contribution in [3.8, 4) is 0 Å². The lowest BCUT2D eigenvalue weighted by molar-refractivity contribution is -0.105. The molecule has 0 radical (unpaired) electrons. The molecule has 1 aliphatic rings. The molecule has 16 heavy (non-hydrogen) atoms. The summed E-state index contributed by atoms with van der Waals surface area (Å²) in [4.78, 5) is 10.8. The largest absolute Gasteiger partial charge is 0.298 e. The number of allylic oxidation sites excluding steroid dienone is 6. The van der Waals surface area contributed by atoms with Crippen LogP contribution in [0.5, 0.6) is 0 Å². The molecule has 1 aliphatic carbocycles. The lowest BCUT2D eigenvalue weighted by Gasteiger charge is -2.18. The molecule has 0 saturated heterocycles. The molecule has 0 fully saturated rings. The summed E-state index contributed by atoms with van der Waals surface area (Å²) in [6.07, 6.45) is 13.6. The van der Waals surface area contributed by atoms with Crippen LogP contribution in [0, 0.1) is 5.41 Å². The average Bonchev–Trinajstić information content (AvgIpc) is 2.26. The first-order valence-corrected chi connectivity index (χ1v) is 6.01. The van der Waals surface area contributed by atoms with Gasteiger partial charge in [-0.05, 0) is 43.6 Å². The maximum Gasteiger partial charge on any atom is 0.146 e. The Hall–Kier alpha value is -1.11. The van der Waals surface area contributed by atoms with Gasteiger partial charge in [0.2, 0.25) is 0 Å². The lowest BCUT2D eigenvalue weighted by atomic mass is 9.87. The van der Waals surface area contributed by atoms with Gasteiger partial charge in [-0.2, -0.15) is 0 Å². The second-order valence-corrected chi connectivity index (χ2v) is 5.29. The van der Waals surface area contributed by atoms with E-state index in [9.17, 15) is 4.79 Å². The molecule has 0 aromatic carbocycles. The lowest BCUT2D eigenvalue weighted by Crippen LogP contribution is -2.05. The Labute approximate surface area is 98.9 Å².